The van der Waals surface area contributed by atoms with E-state index in [0.717, 1.165) is 15.6 Å². The van der Waals surface area contributed by atoms with Crippen LogP contribution < -0.4 is 5.32 Å². The number of aryl methyl sites for hydroxylation is 1. The molecule has 21 heavy (non-hydrogen) atoms. The molecular weight excluding hydrogens is 286 g/mol. The highest BCUT2D eigenvalue weighted by Crippen LogP contribution is 2.31. The monoisotopic (exact) mass is 305 g/mol. The van der Waals surface area contributed by atoms with Gasteiger partial charge in [0.05, 0.1) is 4.88 Å². The molecule has 1 unspecified atom stereocenters. The molecule has 0 fully saturated rings. The van der Waals surface area contributed by atoms with E-state index in [0.29, 0.717) is 17.7 Å². The fourth-order valence-electron chi connectivity index (χ4n) is 2.42. The quantitative estimate of drug-likeness (QED) is 0.887. The number of carbonyl (C=O) groups excluding carboxylic acids is 1. The van der Waals surface area contributed by atoms with E-state index in [1.807, 2.05) is 38.1 Å². The molecule has 2 rings (SSSR count). The minimum Gasteiger partial charge on any atom is -0.480 e. The predicted octanol–water partition coefficient (Wildman–Crippen LogP) is 3.58. The fourth-order valence-corrected chi connectivity index (χ4v) is 3.53. The SMILES string of the molecule is CCCC(C)(NC(=O)c1sc2ccccc2c1C)C(=O)O. The van der Waals surface area contributed by atoms with Gasteiger partial charge in [0, 0.05) is 4.70 Å². The number of fused-ring (bicyclic) bond motifs is 1. The highest BCUT2D eigenvalue weighted by Gasteiger charge is 2.34. The molecule has 0 saturated heterocycles. The van der Waals surface area contributed by atoms with Crippen molar-refractivity contribution in [3.05, 3.63) is 34.7 Å². The van der Waals surface area contributed by atoms with Crippen molar-refractivity contribution < 1.29 is 14.7 Å². The van der Waals surface area contributed by atoms with E-state index in [1.165, 1.54) is 11.3 Å². The van der Waals surface area contributed by atoms with Crippen molar-refractivity contribution >= 4 is 33.3 Å². The summed E-state index contributed by atoms with van der Waals surface area (Å²) in [7, 11) is 0. The maximum atomic E-state index is 12.5. The number of nitrogens with one attached hydrogen (secondary N) is 1. The van der Waals surface area contributed by atoms with Crippen LogP contribution in [0.1, 0.15) is 41.9 Å². The van der Waals surface area contributed by atoms with Crippen LogP contribution in [0.25, 0.3) is 10.1 Å². The molecule has 112 valence electrons. The number of aliphatic carboxylic acids is 1. The lowest BCUT2D eigenvalue weighted by atomic mass is 9.96. The molecule has 1 aromatic heterocycles. The summed E-state index contributed by atoms with van der Waals surface area (Å²) in [6.45, 7) is 5.35. The summed E-state index contributed by atoms with van der Waals surface area (Å²) in [6, 6.07) is 7.80. The largest absolute Gasteiger partial charge is 0.480 e. The second kappa shape index (κ2) is 5.85. The number of amides is 1. The van der Waals surface area contributed by atoms with Crippen LogP contribution in [-0.4, -0.2) is 22.5 Å². The van der Waals surface area contributed by atoms with Gasteiger partial charge >= 0.3 is 5.97 Å². The van der Waals surface area contributed by atoms with E-state index in [1.54, 1.807) is 6.92 Å². The molecule has 1 atom stereocenters. The number of carboxylic acids is 1. The Balaban J connectivity index is 2.34. The van der Waals surface area contributed by atoms with E-state index in [4.69, 9.17) is 0 Å². The van der Waals surface area contributed by atoms with Crippen molar-refractivity contribution in [3.8, 4) is 0 Å². The van der Waals surface area contributed by atoms with E-state index < -0.39 is 11.5 Å². The molecule has 5 heteroatoms. The summed E-state index contributed by atoms with van der Waals surface area (Å²) in [5.41, 5.74) is -0.327. The van der Waals surface area contributed by atoms with Gasteiger partial charge in [0.2, 0.25) is 0 Å². The van der Waals surface area contributed by atoms with Crippen molar-refractivity contribution in [2.75, 3.05) is 0 Å². The second-order valence-electron chi connectivity index (χ2n) is 5.39. The number of carboxylic acid groups (broad SMARTS) is 1. The Labute approximate surface area is 127 Å². The Hall–Kier alpha value is -1.88. The average Bonchev–Trinajstić information content (AvgIpc) is 2.77. The molecule has 2 N–H and O–H groups in total. The number of hydrogen-bond donors (Lipinski definition) is 2. The van der Waals surface area contributed by atoms with Crippen LogP contribution in [0.3, 0.4) is 0 Å². The number of thiophene rings is 1. The number of hydrogen-bond acceptors (Lipinski definition) is 3. The molecule has 0 bridgehead atoms. The zero-order valence-electron chi connectivity index (χ0n) is 12.4. The normalized spacial score (nSPS) is 13.9. The van der Waals surface area contributed by atoms with Gasteiger partial charge in [-0.1, -0.05) is 31.5 Å². The smallest absolute Gasteiger partial charge is 0.329 e. The third-order valence-corrected chi connectivity index (χ3v) is 4.93. The third-order valence-electron chi connectivity index (χ3n) is 3.66. The van der Waals surface area contributed by atoms with Crippen LogP contribution in [0.4, 0.5) is 0 Å². The summed E-state index contributed by atoms with van der Waals surface area (Å²) in [4.78, 5) is 24.5. The Bertz CT molecular complexity index is 692. The fraction of sp³-hybridized carbons (Fsp3) is 0.375. The van der Waals surface area contributed by atoms with Crippen molar-refractivity contribution in [2.45, 2.75) is 39.2 Å². The van der Waals surface area contributed by atoms with Crippen molar-refractivity contribution in [1.82, 2.24) is 5.32 Å². The first-order chi connectivity index (χ1) is 9.89. The molecule has 1 amide bonds. The van der Waals surface area contributed by atoms with Crippen LogP contribution in [0, 0.1) is 6.92 Å². The molecule has 0 aliphatic heterocycles. The maximum Gasteiger partial charge on any atom is 0.329 e. The van der Waals surface area contributed by atoms with Crippen LogP contribution in [0.2, 0.25) is 0 Å². The van der Waals surface area contributed by atoms with Crippen LogP contribution in [-0.2, 0) is 4.79 Å². The third kappa shape index (κ3) is 2.93. The predicted molar refractivity (Wildman–Crippen MR) is 85.0 cm³/mol. The molecule has 0 aliphatic carbocycles. The van der Waals surface area contributed by atoms with Gasteiger partial charge in [-0.05, 0) is 37.3 Å². The molecule has 1 aromatic carbocycles. The van der Waals surface area contributed by atoms with Crippen LogP contribution in [0.5, 0.6) is 0 Å². The van der Waals surface area contributed by atoms with Gasteiger partial charge in [-0.15, -0.1) is 11.3 Å². The summed E-state index contributed by atoms with van der Waals surface area (Å²) >= 11 is 1.40. The van der Waals surface area contributed by atoms with E-state index >= 15 is 0 Å². The molecule has 0 aliphatic rings. The summed E-state index contributed by atoms with van der Waals surface area (Å²) in [5, 5.41) is 13.1. The maximum absolute atomic E-state index is 12.5. The van der Waals surface area contributed by atoms with Gasteiger partial charge in [-0.2, -0.15) is 0 Å². The molecule has 4 nitrogen and oxygen atoms in total. The Morgan fingerprint density at radius 1 is 1.33 bits per heavy atom. The first-order valence-corrected chi connectivity index (χ1v) is 7.74. The van der Waals surface area contributed by atoms with E-state index in [-0.39, 0.29) is 5.91 Å². The van der Waals surface area contributed by atoms with Crippen LogP contribution >= 0.6 is 11.3 Å². The minimum atomic E-state index is -1.23. The van der Waals surface area contributed by atoms with Gasteiger partial charge < -0.3 is 10.4 Å². The Kier molecular flexibility index (Phi) is 4.32. The number of rotatable bonds is 5. The van der Waals surface area contributed by atoms with Gasteiger partial charge in [0.15, 0.2) is 0 Å². The van der Waals surface area contributed by atoms with Gasteiger partial charge in [-0.3, -0.25) is 4.79 Å². The molecule has 2 aromatic rings. The average molecular weight is 305 g/mol. The first-order valence-electron chi connectivity index (χ1n) is 6.93. The molecule has 0 radical (unpaired) electrons. The number of benzene rings is 1. The van der Waals surface area contributed by atoms with Crippen LogP contribution in [0.15, 0.2) is 24.3 Å². The lowest BCUT2D eigenvalue weighted by Crippen LogP contribution is -2.52. The van der Waals surface area contributed by atoms with Gasteiger partial charge in [0.1, 0.15) is 5.54 Å². The number of carbonyl (C=O) groups is 2. The van der Waals surface area contributed by atoms with Crippen molar-refractivity contribution in [1.29, 1.82) is 0 Å². The summed E-state index contributed by atoms with van der Waals surface area (Å²) < 4.78 is 1.03. The van der Waals surface area contributed by atoms with Gasteiger partial charge in [0.25, 0.3) is 5.91 Å². The first kappa shape index (κ1) is 15.5. The second-order valence-corrected chi connectivity index (χ2v) is 6.45. The zero-order chi connectivity index (χ0) is 15.6. The van der Waals surface area contributed by atoms with E-state index in [2.05, 4.69) is 5.32 Å². The van der Waals surface area contributed by atoms with Gasteiger partial charge in [-0.25, -0.2) is 4.79 Å². The van der Waals surface area contributed by atoms with Crippen molar-refractivity contribution in [2.24, 2.45) is 0 Å². The lowest BCUT2D eigenvalue weighted by molar-refractivity contribution is -0.144. The minimum absolute atomic E-state index is 0.313. The standard InChI is InChI=1S/C16H19NO3S/c1-4-9-16(3,15(19)20)17-14(18)13-10(2)11-7-5-6-8-12(11)21-13/h5-8H,4,9H2,1-3H3,(H,17,18)(H,19,20). The van der Waals surface area contributed by atoms with Crippen molar-refractivity contribution in [3.63, 3.8) is 0 Å². The lowest BCUT2D eigenvalue weighted by Gasteiger charge is -2.25. The molecule has 1 heterocycles. The Morgan fingerprint density at radius 3 is 2.57 bits per heavy atom. The molecule has 0 saturated carbocycles. The summed E-state index contributed by atoms with van der Waals surface area (Å²) in [5.74, 6) is -1.32. The summed E-state index contributed by atoms with van der Waals surface area (Å²) in [6.07, 6.45) is 1.09. The zero-order valence-corrected chi connectivity index (χ0v) is 13.2. The molecule has 0 spiro atoms. The highest BCUT2D eigenvalue weighted by atomic mass is 32.1. The van der Waals surface area contributed by atoms with E-state index in [9.17, 15) is 14.7 Å². The Morgan fingerprint density at radius 2 is 2.00 bits per heavy atom. The molecular formula is C16H19NO3S. The topological polar surface area (TPSA) is 66.4 Å². The highest BCUT2D eigenvalue weighted by molar-refractivity contribution is 7.21.